The molecule has 0 unspecified atom stereocenters. The van der Waals surface area contributed by atoms with Crippen molar-refractivity contribution in [3.8, 4) is 11.5 Å². The van der Waals surface area contributed by atoms with E-state index in [4.69, 9.17) is 9.52 Å². The molecule has 2 saturated carbocycles. The number of pyridine rings is 1. The van der Waals surface area contributed by atoms with Crippen molar-refractivity contribution in [3.05, 3.63) is 42.2 Å². The lowest BCUT2D eigenvalue weighted by atomic mass is 9.87. The molecular weight excluding hydrogens is 444 g/mol. The first-order valence-corrected chi connectivity index (χ1v) is 12.7. The van der Waals surface area contributed by atoms with Crippen molar-refractivity contribution in [2.75, 3.05) is 23.8 Å². The minimum atomic E-state index is -1.08. The van der Waals surface area contributed by atoms with Crippen molar-refractivity contribution in [2.24, 2.45) is 11.8 Å². The maximum absolute atomic E-state index is 10.7. The van der Waals surface area contributed by atoms with Crippen molar-refractivity contribution < 1.29 is 14.6 Å². The van der Waals surface area contributed by atoms with Crippen LogP contribution in [0.25, 0.3) is 11.5 Å². The molecule has 35 heavy (non-hydrogen) atoms. The topological polar surface area (TPSA) is 121 Å². The first kappa shape index (κ1) is 23.8. The van der Waals surface area contributed by atoms with Crippen LogP contribution < -0.4 is 10.6 Å². The van der Waals surface area contributed by atoms with Crippen LogP contribution in [0, 0.1) is 11.8 Å². The second kappa shape index (κ2) is 9.99. The summed E-state index contributed by atoms with van der Waals surface area (Å²) in [6.07, 6.45) is 11.9. The van der Waals surface area contributed by atoms with Gasteiger partial charge in [0.1, 0.15) is 23.4 Å². The lowest BCUT2D eigenvalue weighted by molar-refractivity contribution is 0.0729. The number of aromatic nitrogens is 4. The number of nitrogens with zero attached hydrogens (tertiary/aromatic N) is 4. The maximum atomic E-state index is 10.7. The van der Waals surface area contributed by atoms with Crippen molar-refractivity contribution in [2.45, 2.75) is 70.6 Å². The molecule has 3 aromatic rings. The van der Waals surface area contributed by atoms with Gasteiger partial charge in [-0.3, -0.25) is 4.68 Å². The molecule has 3 heterocycles. The fourth-order valence-electron chi connectivity index (χ4n) is 4.69. The molecule has 0 aliphatic heterocycles. The van der Waals surface area contributed by atoms with E-state index in [1.165, 1.54) is 12.8 Å². The highest BCUT2D eigenvalue weighted by molar-refractivity contribution is 5.58. The lowest BCUT2D eigenvalue weighted by Crippen LogP contribution is -2.22. The number of aliphatic hydroxyl groups is 2. The molecule has 2 fully saturated rings. The number of aliphatic hydroxyl groups excluding tert-OH is 1. The largest absolute Gasteiger partial charge is 0.444 e. The summed E-state index contributed by atoms with van der Waals surface area (Å²) < 4.78 is 7.73. The molecule has 0 bridgehead atoms. The van der Waals surface area contributed by atoms with E-state index in [-0.39, 0.29) is 12.6 Å². The van der Waals surface area contributed by atoms with E-state index in [2.05, 4.69) is 20.6 Å². The van der Waals surface area contributed by atoms with Gasteiger partial charge >= 0.3 is 0 Å². The molecule has 0 saturated heterocycles. The van der Waals surface area contributed by atoms with Gasteiger partial charge in [0.15, 0.2) is 0 Å². The predicted molar refractivity (Wildman–Crippen MR) is 134 cm³/mol. The predicted octanol–water partition coefficient (Wildman–Crippen LogP) is 4.32. The molecule has 188 valence electrons. The minimum absolute atomic E-state index is 0.255. The molecule has 3 aromatic heterocycles. The van der Waals surface area contributed by atoms with Crippen LogP contribution in [-0.2, 0) is 12.1 Å². The molecule has 9 nitrogen and oxygen atoms in total. The van der Waals surface area contributed by atoms with Crippen molar-refractivity contribution >= 4 is 11.5 Å². The summed E-state index contributed by atoms with van der Waals surface area (Å²) >= 11 is 0. The first-order valence-electron chi connectivity index (χ1n) is 12.7. The SMILES string of the molecule is CC(C)(O)c1nn([C@H]2CC[C@H](CO)CC2)cc1NCc1coc(-c2ccnc(NCC3CC3)c2)n1. The molecule has 0 amide bonds. The summed E-state index contributed by atoms with van der Waals surface area (Å²) in [6, 6.07) is 4.14. The zero-order valence-electron chi connectivity index (χ0n) is 20.6. The van der Waals surface area contributed by atoms with Gasteiger partial charge in [-0.15, -0.1) is 0 Å². The van der Waals surface area contributed by atoms with Gasteiger partial charge in [0.2, 0.25) is 5.89 Å². The highest BCUT2D eigenvalue weighted by Crippen LogP contribution is 2.35. The molecule has 2 aliphatic carbocycles. The third kappa shape index (κ3) is 5.85. The molecule has 9 heteroatoms. The number of oxazole rings is 1. The van der Waals surface area contributed by atoms with Gasteiger partial charge < -0.3 is 25.3 Å². The Morgan fingerprint density at radius 3 is 2.60 bits per heavy atom. The zero-order valence-corrected chi connectivity index (χ0v) is 20.6. The van der Waals surface area contributed by atoms with Crippen LogP contribution in [0.15, 0.2) is 35.2 Å². The van der Waals surface area contributed by atoms with Crippen molar-refractivity contribution in [1.29, 1.82) is 0 Å². The summed E-state index contributed by atoms with van der Waals surface area (Å²) in [7, 11) is 0. The highest BCUT2D eigenvalue weighted by atomic mass is 16.3. The van der Waals surface area contributed by atoms with Crippen LogP contribution in [-0.4, -0.2) is 43.1 Å². The van der Waals surface area contributed by atoms with E-state index >= 15 is 0 Å². The minimum Gasteiger partial charge on any atom is -0.444 e. The number of hydrogen-bond donors (Lipinski definition) is 4. The summed E-state index contributed by atoms with van der Waals surface area (Å²) in [4.78, 5) is 9.04. The van der Waals surface area contributed by atoms with Crippen LogP contribution in [0.4, 0.5) is 11.5 Å². The molecule has 0 atom stereocenters. The Balaban J connectivity index is 1.26. The number of nitrogens with one attached hydrogen (secondary N) is 2. The Morgan fingerprint density at radius 1 is 1.11 bits per heavy atom. The zero-order chi connectivity index (χ0) is 24.4. The molecule has 5 rings (SSSR count). The summed E-state index contributed by atoms with van der Waals surface area (Å²) in [5, 5.41) is 31.7. The molecule has 2 aliphatic rings. The normalized spacial score (nSPS) is 20.7. The van der Waals surface area contributed by atoms with E-state index < -0.39 is 5.60 Å². The lowest BCUT2D eigenvalue weighted by Gasteiger charge is -2.27. The van der Waals surface area contributed by atoms with E-state index in [1.54, 1.807) is 26.3 Å². The second-order valence-corrected chi connectivity index (χ2v) is 10.5. The molecule has 0 spiro atoms. The van der Waals surface area contributed by atoms with Crippen molar-refractivity contribution in [1.82, 2.24) is 19.7 Å². The van der Waals surface area contributed by atoms with Gasteiger partial charge in [0.25, 0.3) is 0 Å². The van der Waals surface area contributed by atoms with Gasteiger partial charge in [-0.05, 0) is 76.3 Å². The van der Waals surface area contributed by atoms with Gasteiger partial charge in [-0.1, -0.05) is 0 Å². The van der Waals surface area contributed by atoms with E-state index in [0.29, 0.717) is 24.0 Å². The third-order valence-corrected chi connectivity index (χ3v) is 7.05. The molecule has 0 aromatic carbocycles. The Bertz CT molecular complexity index is 1120. The smallest absolute Gasteiger partial charge is 0.226 e. The van der Waals surface area contributed by atoms with Gasteiger partial charge in [0.05, 0.1) is 24.0 Å². The number of rotatable bonds is 10. The van der Waals surface area contributed by atoms with Crippen LogP contribution in [0.2, 0.25) is 0 Å². The first-order chi connectivity index (χ1) is 16.9. The Labute approximate surface area is 206 Å². The molecule has 4 N–H and O–H groups in total. The monoisotopic (exact) mass is 480 g/mol. The third-order valence-electron chi connectivity index (χ3n) is 7.05. The maximum Gasteiger partial charge on any atom is 0.226 e. The van der Waals surface area contributed by atoms with Gasteiger partial charge in [-0.2, -0.15) is 5.10 Å². The quantitative estimate of drug-likeness (QED) is 0.339. The molecule has 0 radical (unpaired) electrons. The fraction of sp³-hybridized carbons (Fsp3) is 0.577. The van der Waals surface area contributed by atoms with E-state index in [1.807, 2.05) is 23.0 Å². The average Bonchev–Trinajstić information content (AvgIpc) is 3.38. The second-order valence-electron chi connectivity index (χ2n) is 10.5. The van der Waals surface area contributed by atoms with E-state index in [9.17, 15) is 10.2 Å². The summed E-state index contributed by atoms with van der Waals surface area (Å²) in [5.41, 5.74) is 1.98. The number of anilines is 2. The van der Waals surface area contributed by atoms with Crippen LogP contribution in [0.1, 0.15) is 69.8 Å². The number of hydrogen-bond acceptors (Lipinski definition) is 8. The standard InChI is InChI=1S/C26H36N6O3/c1-26(2,34)24-22(14-32(31-24)21-7-5-18(15-33)6-8-21)28-13-20-16-35-25(30-20)19-9-10-27-23(11-19)29-12-17-3-4-17/h9-11,14,16-18,21,28,33-34H,3-8,12-13,15H2,1-2H3,(H,27,29)/t18-,21-. The van der Waals surface area contributed by atoms with Crippen LogP contribution >= 0.6 is 0 Å². The Hall–Kier alpha value is -2.91. The van der Waals surface area contributed by atoms with Crippen LogP contribution in [0.3, 0.4) is 0 Å². The molecular formula is C26H36N6O3. The van der Waals surface area contributed by atoms with Gasteiger partial charge in [0, 0.05) is 31.1 Å². The average molecular weight is 481 g/mol. The summed E-state index contributed by atoms with van der Waals surface area (Å²) in [5.74, 6) is 2.55. The Kier molecular flexibility index (Phi) is 6.80. The van der Waals surface area contributed by atoms with Crippen LogP contribution in [0.5, 0.6) is 0 Å². The fourth-order valence-corrected chi connectivity index (χ4v) is 4.69. The Morgan fingerprint density at radius 2 is 1.89 bits per heavy atom. The highest BCUT2D eigenvalue weighted by Gasteiger charge is 2.28. The van der Waals surface area contributed by atoms with E-state index in [0.717, 1.165) is 60.9 Å². The summed E-state index contributed by atoms with van der Waals surface area (Å²) in [6.45, 7) is 5.16. The van der Waals surface area contributed by atoms with Gasteiger partial charge in [-0.25, -0.2) is 9.97 Å². The van der Waals surface area contributed by atoms with Crippen molar-refractivity contribution in [3.63, 3.8) is 0 Å².